The lowest BCUT2D eigenvalue weighted by Crippen LogP contribution is -2.53. The Kier molecular flexibility index (Phi) is 8.87. The molecule has 0 aromatic heterocycles. The van der Waals surface area contributed by atoms with E-state index in [0.29, 0.717) is 5.56 Å². The fourth-order valence-corrected chi connectivity index (χ4v) is 3.46. The molecule has 2 aromatic rings. The summed E-state index contributed by atoms with van der Waals surface area (Å²) in [6.07, 6.45) is -4.75. The Hall–Kier alpha value is -3.39. The van der Waals surface area contributed by atoms with Crippen LogP contribution in [0.3, 0.4) is 0 Å². The van der Waals surface area contributed by atoms with Gasteiger partial charge in [-0.15, -0.1) is 0 Å². The number of rotatable bonds is 6. The lowest BCUT2D eigenvalue weighted by Gasteiger charge is -2.26. The molecular weight excluding hydrogens is 463 g/mol. The molecule has 7 nitrogen and oxygen atoms in total. The van der Waals surface area contributed by atoms with E-state index in [2.05, 4.69) is 16.7 Å². The van der Waals surface area contributed by atoms with Crippen LogP contribution in [0.1, 0.15) is 34.0 Å². The van der Waals surface area contributed by atoms with Gasteiger partial charge >= 0.3 is 6.18 Å². The van der Waals surface area contributed by atoms with E-state index < -0.39 is 30.0 Å². The molecule has 1 heterocycles. The van der Waals surface area contributed by atoms with Gasteiger partial charge < -0.3 is 10.1 Å². The number of benzene rings is 2. The van der Waals surface area contributed by atoms with Crippen molar-refractivity contribution in [3.8, 4) is 11.8 Å². The molecule has 2 atom stereocenters. The van der Waals surface area contributed by atoms with E-state index in [9.17, 15) is 22.8 Å². The minimum Gasteiger partial charge on any atom is -0.379 e. The summed E-state index contributed by atoms with van der Waals surface area (Å²) in [5.74, 6) is 1.57. The third-order valence-corrected chi connectivity index (χ3v) is 5.66. The van der Waals surface area contributed by atoms with Crippen molar-refractivity contribution in [2.24, 2.45) is 5.92 Å². The lowest BCUT2D eigenvalue weighted by atomic mass is 10.00. The second kappa shape index (κ2) is 11.8. The highest BCUT2D eigenvalue weighted by Gasteiger charge is 2.45. The normalized spacial score (nSPS) is 15.9. The summed E-state index contributed by atoms with van der Waals surface area (Å²) in [6.45, 7) is 4.90. The minimum atomic E-state index is -4.75. The zero-order valence-electron chi connectivity index (χ0n) is 19.1. The molecule has 1 aliphatic heterocycles. The average molecular weight is 489 g/mol. The number of carbonyl (C=O) groups is 2. The van der Waals surface area contributed by atoms with Crippen LogP contribution >= 0.6 is 0 Å². The van der Waals surface area contributed by atoms with Gasteiger partial charge in [0.25, 0.3) is 11.8 Å². The van der Waals surface area contributed by atoms with Crippen LogP contribution in [-0.2, 0) is 16.1 Å². The predicted molar refractivity (Wildman–Crippen MR) is 121 cm³/mol. The monoisotopic (exact) mass is 489 g/mol. The molecule has 0 aliphatic carbocycles. The van der Waals surface area contributed by atoms with Crippen LogP contribution in [0.25, 0.3) is 0 Å². The molecule has 3 rings (SSSR count). The molecule has 0 saturated carbocycles. The van der Waals surface area contributed by atoms with Gasteiger partial charge in [-0.05, 0) is 42.0 Å². The molecule has 1 aliphatic rings. The van der Waals surface area contributed by atoms with Gasteiger partial charge in [0.2, 0.25) is 0 Å². The maximum Gasteiger partial charge on any atom is 0.394 e. The highest BCUT2D eigenvalue weighted by Crippen LogP contribution is 2.28. The molecule has 0 radical (unpaired) electrons. The van der Waals surface area contributed by atoms with Gasteiger partial charge in [-0.1, -0.05) is 30.9 Å². The van der Waals surface area contributed by atoms with Crippen LogP contribution in [0.5, 0.6) is 0 Å². The van der Waals surface area contributed by atoms with Gasteiger partial charge in [-0.3, -0.25) is 19.7 Å². The molecule has 0 spiro atoms. The molecule has 3 N–H and O–H groups in total. The maximum absolute atomic E-state index is 13.0. The Morgan fingerprint density at radius 1 is 1.03 bits per heavy atom. The van der Waals surface area contributed by atoms with Crippen LogP contribution in [-0.4, -0.2) is 60.4 Å². The highest BCUT2D eigenvalue weighted by atomic mass is 19.4. The van der Waals surface area contributed by atoms with E-state index in [4.69, 9.17) is 9.94 Å². The molecule has 10 heteroatoms. The first-order valence-corrected chi connectivity index (χ1v) is 11.0. The van der Waals surface area contributed by atoms with E-state index in [1.165, 1.54) is 17.7 Å². The van der Waals surface area contributed by atoms with Crippen molar-refractivity contribution in [2.45, 2.75) is 25.7 Å². The Labute approximate surface area is 201 Å². The summed E-state index contributed by atoms with van der Waals surface area (Å²) in [7, 11) is 0. The quantitative estimate of drug-likeness (QED) is 0.330. The number of nitrogens with zero attached hydrogens (tertiary/aromatic N) is 1. The van der Waals surface area contributed by atoms with Crippen molar-refractivity contribution in [1.82, 2.24) is 15.7 Å². The smallest absolute Gasteiger partial charge is 0.379 e. The largest absolute Gasteiger partial charge is 0.394 e. The molecule has 0 bridgehead atoms. The Morgan fingerprint density at radius 2 is 1.57 bits per heavy atom. The van der Waals surface area contributed by atoms with Crippen molar-refractivity contribution >= 4 is 11.8 Å². The predicted octanol–water partition coefficient (Wildman–Crippen LogP) is 2.72. The Morgan fingerprint density at radius 3 is 2.09 bits per heavy atom. The number of hydrogen-bond acceptors (Lipinski definition) is 5. The highest BCUT2D eigenvalue weighted by molar-refractivity contribution is 5.97. The van der Waals surface area contributed by atoms with Crippen molar-refractivity contribution < 1.29 is 32.7 Å². The summed E-state index contributed by atoms with van der Waals surface area (Å²) in [6, 6.07) is 11.8. The number of morpholine rings is 1. The maximum atomic E-state index is 13.0. The van der Waals surface area contributed by atoms with E-state index >= 15 is 0 Å². The number of alkyl halides is 3. The van der Waals surface area contributed by atoms with Crippen LogP contribution in [0, 0.1) is 17.8 Å². The van der Waals surface area contributed by atoms with E-state index in [1.807, 2.05) is 29.6 Å². The summed E-state index contributed by atoms with van der Waals surface area (Å²) in [5.41, 5.74) is 3.81. The number of halogens is 3. The minimum absolute atomic E-state index is 0.0492. The Bertz CT molecular complexity index is 1070. The van der Waals surface area contributed by atoms with Crippen molar-refractivity contribution in [3.63, 3.8) is 0 Å². The first-order valence-electron chi connectivity index (χ1n) is 11.0. The fourth-order valence-electron chi connectivity index (χ4n) is 3.46. The number of hydroxylamine groups is 1. The van der Waals surface area contributed by atoms with Crippen molar-refractivity contribution in [3.05, 3.63) is 70.8 Å². The van der Waals surface area contributed by atoms with Crippen LogP contribution < -0.4 is 10.8 Å². The first-order chi connectivity index (χ1) is 16.7. The van der Waals surface area contributed by atoms with Gasteiger partial charge in [-0.25, -0.2) is 5.48 Å². The number of carbonyl (C=O) groups excluding carboxylic acids is 2. The SMILES string of the molecule is CC(C(NC(=O)c1ccc(C#Cc2ccc(CN3CCOCC3)cc2)cc1)C(=O)NO)C(F)(F)F. The van der Waals surface area contributed by atoms with Gasteiger partial charge in [-0.2, -0.15) is 13.2 Å². The van der Waals surface area contributed by atoms with E-state index in [0.717, 1.165) is 50.8 Å². The van der Waals surface area contributed by atoms with Crippen molar-refractivity contribution in [1.29, 1.82) is 0 Å². The third kappa shape index (κ3) is 7.55. The fraction of sp³-hybridized carbons (Fsp3) is 0.360. The topological polar surface area (TPSA) is 90.9 Å². The number of nitrogens with one attached hydrogen (secondary N) is 2. The van der Waals surface area contributed by atoms with Gasteiger partial charge in [0.15, 0.2) is 0 Å². The van der Waals surface area contributed by atoms with Gasteiger partial charge in [0.05, 0.1) is 19.1 Å². The van der Waals surface area contributed by atoms with Crippen LogP contribution in [0.15, 0.2) is 48.5 Å². The van der Waals surface area contributed by atoms with Crippen LogP contribution in [0.4, 0.5) is 13.2 Å². The number of amides is 2. The molecule has 1 fully saturated rings. The first kappa shape index (κ1) is 26.2. The summed E-state index contributed by atoms with van der Waals surface area (Å²) < 4.78 is 44.4. The standard InChI is InChI=1S/C25H26F3N3O4/c1-17(25(26,27)28)22(24(33)30-34)29-23(32)21-10-8-19(9-11-21)3-2-18-4-6-20(7-5-18)16-31-12-14-35-15-13-31/h4-11,17,22,34H,12-16H2,1H3,(H,29,32)(H,30,33). The second-order valence-corrected chi connectivity index (χ2v) is 8.17. The summed E-state index contributed by atoms with van der Waals surface area (Å²) in [4.78, 5) is 26.4. The molecule has 186 valence electrons. The molecule has 1 saturated heterocycles. The third-order valence-electron chi connectivity index (χ3n) is 5.66. The summed E-state index contributed by atoms with van der Waals surface area (Å²) in [5, 5.41) is 10.8. The Balaban J connectivity index is 1.61. The molecular formula is C25H26F3N3O4. The number of ether oxygens (including phenoxy) is 1. The van der Waals surface area contributed by atoms with Crippen LogP contribution in [0.2, 0.25) is 0 Å². The van der Waals surface area contributed by atoms with E-state index in [-0.39, 0.29) is 5.56 Å². The zero-order valence-corrected chi connectivity index (χ0v) is 19.1. The van der Waals surface area contributed by atoms with Gasteiger partial charge in [0.1, 0.15) is 6.04 Å². The molecule has 2 amide bonds. The van der Waals surface area contributed by atoms with Gasteiger partial charge in [0, 0.05) is 36.3 Å². The average Bonchev–Trinajstić information content (AvgIpc) is 2.86. The number of hydrogen-bond donors (Lipinski definition) is 3. The van der Waals surface area contributed by atoms with E-state index in [1.54, 1.807) is 12.1 Å². The molecule has 2 unspecified atom stereocenters. The molecule has 35 heavy (non-hydrogen) atoms. The lowest BCUT2D eigenvalue weighted by molar-refractivity contribution is -0.181. The molecule has 2 aromatic carbocycles. The zero-order chi connectivity index (χ0) is 25.4. The second-order valence-electron chi connectivity index (χ2n) is 8.17. The summed E-state index contributed by atoms with van der Waals surface area (Å²) >= 11 is 0. The van der Waals surface area contributed by atoms with Crippen molar-refractivity contribution in [2.75, 3.05) is 26.3 Å².